The third-order valence-corrected chi connectivity index (χ3v) is 3.65. The van der Waals surface area contributed by atoms with Gasteiger partial charge in [-0.15, -0.1) is 0 Å². The Bertz CT molecular complexity index is 592. The first kappa shape index (κ1) is 13.1. The summed E-state index contributed by atoms with van der Waals surface area (Å²) in [5, 5.41) is 0. The first-order valence-corrected chi connectivity index (χ1v) is 6.65. The number of halogens is 1. The summed E-state index contributed by atoms with van der Waals surface area (Å²) in [6.45, 7) is 2.79. The largest absolute Gasteiger partial charge is 0.354 e. The molecule has 0 aliphatic heterocycles. The van der Waals surface area contributed by atoms with Gasteiger partial charge in [0.15, 0.2) is 0 Å². The highest BCUT2D eigenvalue weighted by molar-refractivity contribution is 14.1. The van der Waals surface area contributed by atoms with Crippen molar-refractivity contribution in [3.63, 3.8) is 0 Å². The van der Waals surface area contributed by atoms with Crippen LogP contribution in [0, 0.1) is 10.5 Å². The molecule has 1 aromatic carbocycles. The van der Waals surface area contributed by atoms with Gasteiger partial charge in [0.25, 0.3) is 5.56 Å². The van der Waals surface area contributed by atoms with E-state index in [2.05, 4.69) is 41.2 Å². The second-order valence-electron chi connectivity index (χ2n) is 4.21. The minimum Gasteiger partial charge on any atom is -0.354 e. The molecule has 0 amide bonds. The predicted molar refractivity (Wildman–Crippen MR) is 80.9 cm³/mol. The topological polar surface area (TPSA) is 49.0 Å². The smallest absolute Gasteiger partial charge is 0.266 e. The molecule has 0 saturated heterocycles. The van der Waals surface area contributed by atoms with Gasteiger partial charge in [0, 0.05) is 13.6 Å². The summed E-state index contributed by atoms with van der Waals surface area (Å²) in [6.07, 6.45) is 1.44. The Morgan fingerprint density at radius 2 is 2.00 bits per heavy atom. The van der Waals surface area contributed by atoms with Crippen molar-refractivity contribution in [3.05, 3.63) is 55.6 Å². The van der Waals surface area contributed by atoms with Gasteiger partial charge in [0.05, 0.1) is 6.33 Å². The van der Waals surface area contributed by atoms with Crippen molar-refractivity contribution < 1.29 is 0 Å². The van der Waals surface area contributed by atoms with Crippen LogP contribution in [0.2, 0.25) is 0 Å². The molecule has 0 unspecified atom stereocenters. The molecule has 1 aromatic heterocycles. The van der Waals surface area contributed by atoms with Gasteiger partial charge in [0.2, 0.25) is 0 Å². The number of nitrogens with one attached hydrogen (secondary N) is 1. The van der Waals surface area contributed by atoms with E-state index in [9.17, 15) is 4.79 Å². The van der Waals surface area contributed by atoms with Crippen LogP contribution in [0.4, 0.5) is 5.82 Å². The molecule has 1 N–H and O–H groups in total. The lowest BCUT2D eigenvalue weighted by atomic mass is 10.1. The lowest BCUT2D eigenvalue weighted by Crippen LogP contribution is -2.23. The number of hydrogen-bond acceptors (Lipinski definition) is 3. The van der Waals surface area contributed by atoms with Crippen molar-refractivity contribution in [2.75, 3.05) is 11.9 Å². The zero-order valence-electron chi connectivity index (χ0n) is 10.3. The molecule has 94 valence electrons. The van der Waals surface area contributed by atoms with E-state index >= 15 is 0 Å². The van der Waals surface area contributed by atoms with Gasteiger partial charge in [-0.05, 0) is 35.1 Å². The normalized spacial score (nSPS) is 10.4. The first-order valence-electron chi connectivity index (χ1n) is 5.58. The molecular weight excluding hydrogens is 341 g/mol. The number of hydrogen-bond donors (Lipinski definition) is 1. The van der Waals surface area contributed by atoms with Crippen molar-refractivity contribution in [1.82, 2.24) is 9.97 Å². The molecule has 0 radical (unpaired) electrons. The quantitative estimate of drug-likeness (QED) is 0.860. The van der Waals surface area contributed by atoms with E-state index < -0.39 is 0 Å². The van der Waals surface area contributed by atoms with Crippen LogP contribution in [-0.2, 0) is 6.54 Å². The number of H-pyrrole nitrogens is 1. The fourth-order valence-electron chi connectivity index (χ4n) is 1.68. The van der Waals surface area contributed by atoms with Gasteiger partial charge in [-0.2, -0.15) is 0 Å². The maximum Gasteiger partial charge on any atom is 0.266 e. The van der Waals surface area contributed by atoms with Crippen LogP contribution < -0.4 is 10.5 Å². The highest BCUT2D eigenvalue weighted by Crippen LogP contribution is 2.16. The van der Waals surface area contributed by atoms with Gasteiger partial charge in [-0.25, -0.2) is 4.98 Å². The summed E-state index contributed by atoms with van der Waals surface area (Å²) >= 11 is 2.02. The molecule has 1 heterocycles. The third-order valence-electron chi connectivity index (χ3n) is 2.68. The summed E-state index contributed by atoms with van der Waals surface area (Å²) in [5.41, 5.74) is 2.34. The maximum atomic E-state index is 11.5. The Morgan fingerprint density at radius 1 is 1.33 bits per heavy atom. The monoisotopic (exact) mass is 355 g/mol. The summed E-state index contributed by atoms with van der Waals surface area (Å²) in [5.74, 6) is 0.708. The highest BCUT2D eigenvalue weighted by atomic mass is 127. The molecule has 18 heavy (non-hydrogen) atoms. The molecule has 0 atom stereocenters. The zero-order chi connectivity index (χ0) is 13.1. The summed E-state index contributed by atoms with van der Waals surface area (Å²) in [7, 11) is 1.93. The molecule has 2 rings (SSSR count). The number of rotatable bonds is 3. The van der Waals surface area contributed by atoms with Crippen LogP contribution in [0.1, 0.15) is 11.1 Å². The van der Waals surface area contributed by atoms with Gasteiger partial charge in [-0.3, -0.25) is 4.79 Å². The average molecular weight is 355 g/mol. The van der Waals surface area contributed by atoms with E-state index in [1.165, 1.54) is 17.5 Å². The Kier molecular flexibility index (Phi) is 4.00. The maximum absolute atomic E-state index is 11.5. The van der Waals surface area contributed by atoms with E-state index in [1.54, 1.807) is 0 Å². The Balaban J connectivity index is 2.22. The van der Waals surface area contributed by atoms with E-state index in [1.807, 2.05) is 34.5 Å². The molecule has 0 fully saturated rings. The number of benzene rings is 1. The van der Waals surface area contributed by atoms with Crippen molar-refractivity contribution in [1.29, 1.82) is 0 Å². The van der Waals surface area contributed by atoms with Gasteiger partial charge in [0.1, 0.15) is 9.39 Å². The van der Waals surface area contributed by atoms with Crippen LogP contribution >= 0.6 is 22.6 Å². The number of anilines is 1. The van der Waals surface area contributed by atoms with Crippen LogP contribution in [0.15, 0.2) is 35.4 Å². The predicted octanol–water partition coefficient (Wildman–Crippen LogP) is 2.32. The number of nitrogens with zero attached hydrogens (tertiary/aromatic N) is 2. The van der Waals surface area contributed by atoms with E-state index in [0.29, 0.717) is 9.39 Å². The summed E-state index contributed by atoms with van der Waals surface area (Å²) in [4.78, 5) is 20.3. The molecule has 0 saturated carbocycles. The van der Waals surface area contributed by atoms with Gasteiger partial charge >= 0.3 is 0 Å². The highest BCUT2D eigenvalue weighted by Gasteiger charge is 2.10. The zero-order valence-corrected chi connectivity index (χ0v) is 12.4. The second-order valence-corrected chi connectivity index (χ2v) is 5.29. The Labute approximate surface area is 119 Å². The average Bonchev–Trinajstić information content (AvgIpc) is 2.35. The van der Waals surface area contributed by atoms with Crippen LogP contribution in [-0.4, -0.2) is 17.0 Å². The molecule has 0 aliphatic carbocycles. The van der Waals surface area contributed by atoms with E-state index in [0.717, 1.165) is 6.54 Å². The molecular formula is C13H14IN3O. The van der Waals surface area contributed by atoms with E-state index in [4.69, 9.17) is 0 Å². The number of aromatic nitrogens is 2. The lowest BCUT2D eigenvalue weighted by molar-refractivity contribution is 0.879. The van der Waals surface area contributed by atoms with Crippen molar-refractivity contribution in [3.8, 4) is 0 Å². The summed E-state index contributed by atoms with van der Waals surface area (Å²) in [6, 6.07) is 8.34. The molecule has 0 bridgehead atoms. The second kappa shape index (κ2) is 5.51. The van der Waals surface area contributed by atoms with E-state index in [-0.39, 0.29) is 5.56 Å². The van der Waals surface area contributed by atoms with Gasteiger partial charge < -0.3 is 9.88 Å². The molecule has 4 nitrogen and oxygen atoms in total. The van der Waals surface area contributed by atoms with Crippen LogP contribution in [0.25, 0.3) is 0 Å². The van der Waals surface area contributed by atoms with Crippen molar-refractivity contribution >= 4 is 28.4 Å². The fourth-order valence-corrected chi connectivity index (χ4v) is 2.39. The SMILES string of the molecule is Cc1ccc(CN(C)c2nc[nH]c(=O)c2I)cc1. The molecule has 0 spiro atoms. The summed E-state index contributed by atoms with van der Waals surface area (Å²) < 4.78 is 0.615. The van der Waals surface area contributed by atoms with Crippen LogP contribution in [0.5, 0.6) is 0 Å². The standard InChI is InChI=1S/C13H14IN3O/c1-9-3-5-10(6-4-9)7-17(2)12-11(14)13(18)16-8-15-12/h3-6,8H,7H2,1-2H3,(H,15,16,18). The number of aryl methyl sites for hydroxylation is 1. The van der Waals surface area contributed by atoms with Crippen LogP contribution in [0.3, 0.4) is 0 Å². The minimum atomic E-state index is -0.101. The first-order chi connectivity index (χ1) is 8.58. The molecule has 0 aliphatic rings. The Morgan fingerprint density at radius 3 is 2.67 bits per heavy atom. The lowest BCUT2D eigenvalue weighted by Gasteiger charge is -2.19. The Hall–Kier alpha value is -1.37. The fraction of sp³-hybridized carbons (Fsp3) is 0.231. The third kappa shape index (κ3) is 2.90. The molecule has 2 aromatic rings. The minimum absolute atomic E-state index is 0.101. The number of aromatic amines is 1. The molecule has 5 heteroatoms. The van der Waals surface area contributed by atoms with Crippen molar-refractivity contribution in [2.24, 2.45) is 0 Å². The van der Waals surface area contributed by atoms with Crippen molar-refractivity contribution in [2.45, 2.75) is 13.5 Å². The van der Waals surface area contributed by atoms with Gasteiger partial charge in [-0.1, -0.05) is 29.8 Å².